The van der Waals surface area contributed by atoms with E-state index in [9.17, 15) is 0 Å². The van der Waals surface area contributed by atoms with Crippen LogP contribution in [-0.2, 0) is 16.8 Å². The number of ether oxygens (including phenoxy) is 1. The van der Waals surface area contributed by atoms with Crippen LogP contribution in [0.5, 0.6) is 0 Å². The number of hydrogen-bond donors (Lipinski definition) is 1. The standard InChI is InChI=1S/C15H29N3O2/c1-6-10-12(16-9-4)11-13-17-14(18-20-13)15(7-2,8-3)19-5/h12,16H,6-11H2,1-5H3. The average molecular weight is 283 g/mol. The van der Waals surface area contributed by atoms with Gasteiger partial charge in [0.15, 0.2) is 0 Å². The lowest BCUT2D eigenvalue weighted by molar-refractivity contribution is -0.0306. The van der Waals surface area contributed by atoms with Crippen LogP contribution in [0.4, 0.5) is 0 Å². The zero-order valence-corrected chi connectivity index (χ0v) is 13.5. The highest BCUT2D eigenvalue weighted by Crippen LogP contribution is 2.30. The first-order valence-electron chi connectivity index (χ1n) is 7.77. The fraction of sp³-hybridized carbons (Fsp3) is 0.867. The highest BCUT2D eigenvalue weighted by atomic mass is 16.5. The van der Waals surface area contributed by atoms with E-state index in [2.05, 4.69) is 43.2 Å². The minimum atomic E-state index is -0.416. The molecule has 20 heavy (non-hydrogen) atoms. The lowest BCUT2D eigenvalue weighted by Gasteiger charge is -2.25. The molecule has 0 aliphatic carbocycles. The summed E-state index contributed by atoms with van der Waals surface area (Å²) in [5, 5.41) is 7.60. The van der Waals surface area contributed by atoms with Gasteiger partial charge in [-0.25, -0.2) is 0 Å². The van der Waals surface area contributed by atoms with E-state index >= 15 is 0 Å². The third kappa shape index (κ3) is 4.03. The van der Waals surface area contributed by atoms with Crippen molar-refractivity contribution in [2.45, 2.75) is 71.4 Å². The van der Waals surface area contributed by atoms with Gasteiger partial charge in [0, 0.05) is 19.6 Å². The maximum atomic E-state index is 5.64. The molecule has 1 heterocycles. The van der Waals surface area contributed by atoms with Gasteiger partial charge in [-0.15, -0.1) is 0 Å². The maximum Gasteiger partial charge on any atom is 0.228 e. The van der Waals surface area contributed by atoms with Crippen LogP contribution in [0.3, 0.4) is 0 Å². The lowest BCUT2D eigenvalue weighted by atomic mass is 9.96. The van der Waals surface area contributed by atoms with Gasteiger partial charge in [0.25, 0.3) is 0 Å². The third-order valence-corrected chi connectivity index (χ3v) is 3.96. The number of hydrogen-bond acceptors (Lipinski definition) is 5. The Balaban J connectivity index is 2.80. The summed E-state index contributed by atoms with van der Waals surface area (Å²) in [6.45, 7) is 9.43. The average Bonchev–Trinajstić information content (AvgIpc) is 2.91. The Morgan fingerprint density at radius 3 is 2.45 bits per heavy atom. The van der Waals surface area contributed by atoms with Gasteiger partial charge < -0.3 is 14.6 Å². The number of methoxy groups -OCH3 is 1. The molecule has 0 saturated carbocycles. The van der Waals surface area contributed by atoms with Crippen molar-refractivity contribution in [3.63, 3.8) is 0 Å². The van der Waals surface area contributed by atoms with Gasteiger partial charge in [0.05, 0.1) is 0 Å². The molecule has 1 rings (SSSR count). The predicted octanol–water partition coefficient (Wildman–Crippen LogP) is 3.05. The first-order chi connectivity index (χ1) is 9.65. The van der Waals surface area contributed by atoms with Crippen LogP contribution >= 0.6 is 0 Å². The minimum Gasteiger partial charge on any atom is -0.370 e. The monoisotopic (exact) mass is 283 g/mol. The summed E-state index contributed by atoms with van der Waals surface area (Å²) in [6, 6.07) is 0.401. The molecule has 5 nitrogen and oxygen atoms in total. The number of nitrogens with one attached hydrogen (secondary N) is 1. The van der Waals surface area contributed by atoms with Crippen LogP contribution in [0, 0.1) is 0 Å². The highest BCUT2D eigenvalue weighted by molar-refractivity contribution is 5.01. The van der Waals surface area contributed by atoms with E-state index in [1.54, 1.807) is 7.11 Å². The van der Waals surface area contributed by atoms with E-state index in [1.165, 1.54) is 0 Å². The Morgan fingerprint density at radius 2 is 1.95 bits per heavy atom. The molecule has 0 bridgehead atoms. The van der Waals surface area contributed by atoms with Crippen molar-refractivity contribution < 1.29 is 9.26 Å². The highest BCUT2D eigenvalue weighted by Gasteiger charge is 2.33. The van der Waals surface area contributed by atoms with Gasteiger partial charge in [0.1, 0.15) is 5.60 Å². The normalized spacial score (nSPS) is 13.7. The van der Waals surface area contributed by atoms with E-state index in [4.69, 9.17) is 9.26 Å². The summed E-state index contributed by atoms with van der Waals surface area (Å²) in [5.74, 6) is 1.37. The molecular weight excluding hydrogens is 254 g/mol. The largest absolute Gasteiger partial charge is 0.370 e. The zero-order valence-electron chi connectivity index (χ0n) is 13.5. The Hall–Kier alpha value is -0.940. The van der Waals surface area contributed by atoms with Gasteiger partial charge >= 0.3 is 0 Å². The molecule has 116 valence electrons. The molecule has 0 fully saturated rings. The Morgan fingerprint density at radius 1 is 1.25 bits per heavy atom. The van der Waals surface area contributed by atoms with Crippen molar-refractivity contribution in [1.82, 2.24) is 15.5 Å². The fourth-order valence-corrected chi connectivity index (χ4v) is 2.59. The summed E-state index contributed by atoms with van der Waals surface area (Å²) in [4.78, 5) is 4.56. The molecule has 1 aromatic rings. The van der Waals surface area contributed by atoms with E-state index < -0.39 is 5.60 Å². The van der Waals surface area contributed by atoms with Crippen LogP contribution in [0.25, 0.3) is 0 Å². The first-order valence-corrected chi connectivity index (χ1v) is 7.77. The number of likely N-dealkylation sites (N-methyl/N-ethyl adjacent to an activating group) is 1. The van der Waals surface area contributed by atoms with Crippen molar-refractivity contribution in [1.29, 1.82) is 0 Å². The zero-order chi connectivity index (χ0) is 15.0. The summed E-state index contributed by atoms with van der Waals surface area (Å²) in [7, 11) is 1.71. The van der Waals surface area contributed by atoms with Crippen LogP contribution in [0.2, 0.25) is 0 Å². The topological polar surface area (TPSA) is 60.2 Å². The number of aromatic nitrogens is 2. The third-order valence-electron chi connectivity index (χ3n) is 3.96. The van der Waals surface area contributed by atoms with Crippen molar-refractivity contribution in [2.24, 2.45) is 0 Å². The predicted molar refractivity (Wildman–Crippen MR) is 79.6 cm³/mol. The molecule has 1 unspecified atom stereocenters. The summed E-state index contributed by atoms with van der Waals surface area (Å²) >= 11 is 0. The summed E-state index contributed by atoms with van der Waals surface area (Å²) in [5.41, 5.74) is -0.416. The molecule has 1 aromatic heterocycles. The van der Waals surface area contributed by atoms with Crippen molar-refractivity contribution >= 4 is 0 Å². The molecule has 0 saturated heterocycles. The van der Waals surface area contributed by atoms with Crippen LogP contribution in [-0.4, -0.2) is 29.8 Å². The van der Waals surface area contributed by atoms with E-state index in [0.717, 1.165) is 38.6 Å². The SMILES string of the molecule is CCCC(Cc1nc(C(CC)(CC)OC)no1)NCC. The van der Waals surface area contributed by atoms with E-state index in [0.29, 0.717) is 17.8 Å². The van der Waals surface area contributed by atoms with E-state index in [1.807, 2.05) is 0 Å². The van der Waals surface area contributed by atoms with Gasteiger partial charge in [-0.3, -0.25) is 0 Å². The summed E-state index contributed by atoms with van der Waals surface area (Å²) < 4.78 is 11.1. The second-order valence-electron chi connectivity index (χ2n) is 5.16. The van der Waals surface area contributed by atoms with Crippen molar-refractivity contribution in [2.75, 3.05) is 13.7 Å². The van der Waals surface area contributed by atoms with Crippen molar-refractivity contribution in [3.05, 3.63) is 11.7 Å². The Labute approximate surface area is 122 Å². The molecular formula is C15H29N3O2. The molecule has 5 heteroatoms. The molecule has 1 N–H and O–H groups in total. The first kappa shape index (κ1) is 17.1. The Bertz CT molecular complexity index is 361. The minimum absolute atomic E-state index is 0.401. The smallest absolute Gasteiger partial charge is 0.228 e. The molecule has 0 spiro atoms. The van der Waals surface area contributed by atoms with Crippen LogP contribution < -0.4 is 5.32 Å². The van der Waals surface area contributed by atoms with Crippen molar-refractivity contribution in [3.8, 4) is 0 Å². The second kappa shape index (κ2) is 8.37. The second-order valence-corrected chi connectivity index (χ2v) is 5.16. The molecule has 0 radical (unpaired) electrons. The quantitative estimate of drug-likeness (QED) is 0.715. The number of nitrogens with zero attached hydrogens (tertiary/aromatic N) is 2. The molecule has 0 aliphatic heterocycles. The van der Waals surface area contributed by atoms with Gasteiger partial charge in [-0.2, -0.15) is 4.98 Å². The van der Waals surface area contributed by atoms with Gasteiger partial charge in [0.2, 0.25) is 11.7 Å². The van der Waals surface area contributed by atoms with Crippen LogP contribution in [0.1, 0.15) is 65.1 Å². The van der Waals surface area contributed by atoms with E-state index in [-0.39, 0.29) is 0 Å². The number of rotatable bonds is 10. The van der Waals surface area contributed by atoms with Crippen LogP contribution in [0.15, 0.2) is 4.52 Å². The molecule has 0 amide bonds. The van der Waals surface area contributed by atoms with Gasteiger partial charge in [-0.1, -0.05) is 39.3 Å². The lowest BCUT2D eigenvalue weighted by Crippen LogP contribution is -2.31. The maximum absolute atomic E-state index is 5.64. The fourth-order valence-electron chi connectivity index (χ4n) is 2.59. The van der Waals surface area contributed by atoms with Gasteiger partial charge in [-0.05, 0) is 25.8 Å². The molecule has 0 aliphatic rings. The molecule has 0 aromatic carbocycles. The summed E-state index contributed by atoms with van der Waals surface area (Å²) in [6.07, 6.45) is 4.71. The Kier molecular flexibility index (Phi) is 7.16. The molecule has 1 atom stereocenters.